The molecule has 126 valence electrons. The molecule has 2 N–H and O–H groups in total. The molecule has 0 atom stereocenters. The molecule has 0 unspecified atom stereocenters. The van der Waals surface area contributed by atoms with E-state index in [9.17, 15) is 4.79 Å². The molecule has 3 rings (SSSR count). The van der Waals surface area contributed by atoms with Crippen molar-refractivity contribution in [2.24, 2.45) is 5.73 Å². The smallest absolute Gasteiger partial charge is 0.232 e. The van der Waals surface area contributed by atoms with Crippen molar-refractivity contribution in [3.63, 3.8) is 0 Å². The average molecular weight is 315 g/mol. The first-order valence-electron chi connectivity index (χ1n) is 8.66. The number of hydrogen-bond acceptors (Lipinski definition) is 3. The summed E-state index contributed by atoms with van der Waals surface area (Å²) in [5.41, 5.74) is 8.11. The van der Waals surface area contributed by atoms with E-state index in [1.54, 1.807) is 0 Å². The van der Waals surface area contributed by atoms with Gasteiger partial charge in [-0.3, -0.25) is 4.79 Å². The van der Waals surface area contributed by atoms with Crippen LogP contribution in [0.3, 0.4) is 0 Å². The Bertz CT molecular complexity index is 584. The van der Waals surface area contributed by atoms with E-state index in [2.05, 4.69) is 36.2 Å². The lowest BCUT2D eigenvalue weighted by atomic mass is 9.81. The molecule has 0 bridgehead atoms. The molecule has 0 radical (unpaired) electrons. The number of amides is 1. The Labute approximate surface area is 139 Å². The molecule has 2 fully saturated rings. The Morgan fingerprint density at radius 3 is 2.48 bits per heavy atom. The van der Waals surface area contributed by atoms with E-state index in [1.165, 1.54) is 5.56 Å². The monoisotopic (exact) mass is 315 g/mol. The standard InChI is InChI=1S/C19H29N3O/c1-18(2,17(23)22-11-9-21(3)10-12-22)16-6-4-5-15(13-16)14-19(20)7-8-19/h4-6,13H,7-12,14,20H2,1-3H3. The zero-order chi connectivity index (χ0) is 16.7. The van der Waals surface area contributed by atoms with Crippen molar-refractivity contribution in [3.05, 3.63) is 35.4 Å². The minimum absolute atomic E-state index is 0.00420. The van der Waals surface area contributed by atoms with E-state index in [0.29, 0.717) is 0 Å². The molecule has 1 saturated heterocycles. The predicted octanol–water partition coefficient (Wildman–Crippen LogP) is 1.77. The van der Waals surface area contributed by atoms with E-state index < -0.39 is 5.41 Å². The van der Waals surface area contributed by atoms with Crippen LogP contribution in [0.1, 0.15) is 37.8 Å². The van der Waals surface area contributed by atoms with Gasteiger partial charge in [0.25, 0.3) is 0 Å². The van der Waals surface area contributed by atoms with Crippen molar-refractivity contribution in [1.82, 2.24) is 9.80 Å². The number of benzene rings is 1. The molecule has 0 spiro atoms. The van der Waals surface area contributed by atoms with Crippen molar-refractivity contribution in [3.8, 4) is 0 Å². The Hall–Kier alpha value is -1.39. The van der Waals surface area contributed by atoms with Crippen molar-refractivity contribution >= 4 is 5.91 Å². The molecule has 4 nitrogen and oxygen atoms in total. The van der Waals surface area contributed by atoms with Crippen LogP contribution in [0.2, 0.25) is 0 Å². The van der Waals surface area contributed by atoms with Gasteiger partial charge in [0.05, 0.1) is 5.41 Å². The molecule has 1 aromatic rings. The van der Waals surface area contributed by atoms with Gasteiger partial charge in [-0.05, 0) is 51.3 Å². The van der Waals surface area contributed by atoms with Gasteiger partial charge in [0.15, 0.2) is 0 Å². The SMILES string of the molecule is CN1CCN(C(=O)C(C)(C)c2cccc(CC3(N)CC3)c2)CC1. The van der Waals surface area contributed by atoms with Crippen LogP contribution in [-0.4, -0.2) is 54.5 Å². The second kappa shape index (κ2) is 5.91. The quantitative estimate of drug-likeness (QED) is 0.921. The Morgan fingerprint density at radius 1 is 1.22 bits per heavy atom. The number of piperazine rings is 1. The van der Waals surface area contributed by atoms with Gasteiger partial charge in [0, 0.05) is 31.7 Å². The van der Waals surface area contributed by atoms with Gasteiger partial charge < -0.3 is 15.5 Å². The van der Waals surface area contributed by atoms with Gasteiger partial charge in [-0.25, -0.2) is 0 Å². The second-order valence-electron chi connectivity index (χ2n) is 7.96. The molecule has 1 aliphatic carbocycles. The number of carbonyl (C=O) groups is 1. The summed E-state index contributed by atoms with van der Waals surface area (Å²) in [5.74, 6) is 0.233. The second-order valence-corrected chi connectivity index (χ2v) is 7.96. The largest absolute Gasteiger partial charge is 0.339 e. The van der Waals surface area contributed by atoms with Crippen LogP contribution in [0.15, 0.2) is 24.3 Å². The molecule has 1 heterocycles. The predicted molar refractivity (Wildman–Crippen MR) is 93.4 cm³/mol. The lowest BCUT2D eigenvalue weighted by molar-refractivity contribution is -0.137. The zero-order valence-electron chi connectivity index (χ0n) is 14.6. The van der Waals surface area contributed by atoms with Crippen molar-refractivity contribution in [2.75, 3.05) is 33.2 Å². The highest BCUT2D eigenvalue weighted by atomic mass is 16.2. The third kappa shape index (κ3) is 3.59. The first-order valence-corrected chi connectivity index (χ1v) is 8.66. The molecule has 2 aliphatic rings. The molecular weight excluding hydrogens is 286 g/mol. The van der Waals surface area contributed by atoms with Crippen LogP contribution in [0.4, 0.5) is 0 Å². The fraction of sp³-hybridized carbons (Fsp3) is 0.632. The first kappa shape index (κ1) is 16.5. The summed E-state index contributed by atoms with van der Waals surface area (Å²) in [7, 11) is 2.11. The highest BCUT2D eigenvalue weighted by molar-refractivity contribution is 5.87. The number of likely N-dealkylation sites (N-methyl/N-ethyl adjacent to an activating group) is 1. The molecule has 23 heavy (non-hydrogen) atoms. The fourth-order valence-electron chi connectivity index (χ4n) is 3.34. The molecule has 1 amide bonds. The van der Waals surface area contributed by atoms with Gasteiger partial charge in [-0.1, -0.05) is 24.3 Å². The number of nitrogens with two attached hydrogens (primary N) is 1. The first-order chi connectivity index (χ1) is 10.8. The van der Waals surface area contributed by atoms with Crippen molar-refractivity contribution in [2.45, 2.75) is 44.1 Å². The summed E-state index contributed by atoms with van der Waals surface area (Å²) in [6, 6.07) is 8.46. The summed E-state index contributed by atoms with van der Waals surface area (Å²) < 4.78 is 0. The van der Waals surface area contributed by atoms with Crippen molar-refractivity contribution in [1.29, 1.82) is 0 Å². The molecule has 1 saturated carbocycles. The van der Waals surface area contributed by atoms with Crippen LogP contribution in [0.25, 0.3) is 0 Å². The summed E-state index contributed by atoms with van der Waals surface area (Å²) in [5, 5.41) is 0. The Balaban J connectivity index is 1.75. The topological polar surface area (TPSA) is 49.6 Å². The summed E-state index contributed by atoms with van der Waals surface area (Å²) >= 11 is 0. The Morgan fingerprint density at radius 2 is 1.87 bits per heavy atom. The summed E-state index contributed by atoms with van der Waals surface area (Å²) in [6.07, 6.45) is 3.14. The highest BCUT2D eigenvalue weighted by Crippen LogP contribution is 2.36. The van der Waals surface area contributed by atoms with Gasteiger partial charge in [-0.15, -0.1) is 0 Å². The number of rotatable bonds is 4. The summed E-state index contributed by atoms with van der Waals surface area (Å²) in [4.78, 5) is 17.3. The van der Waals surface area contributed by atoms with Crippen LogP contribution < -0.4 is 5.73 Å². The van der Waals surface area contributed by atoms with Crippen molar-refractivity contribution < 1.29 is 4.79 Å². The molecular formula is C19H29N3O. The molecule has 4 heteroatoms. The molecule has 0 aromatic heterocycles. The zero-order valence-corrected chi connectivity index (χ0v) is 14.6. The van der Waals surface area contributed by atoms with Gasteiger partial charge in [-0.2, -0.15) is 0 Å². The minimum atomic E-state index is -0.489. The maximum Gasteiger partial charge on any atom is 0.232 e. The third-order valence-corrected chi connectivity index (χ3v) is 5.42. The maximum absolute atomic E-state index is 13.0. The summed E-state index contributed by atoms with van der Waals surface area (Å²) in [6.45, 7) is 7.65. The Kier molecular flexibility index (Phi) is 4.23. The van der Waals surface area contributed by atoms with Crippen LogP contribution in [0, 0.1) is 0 Å². The third-order valence-electron chi connectivity index (χ3n) is 5.42. The van der Waals surface area contributed by atoms with E-state index in [0.717, 1.165) is 51.0 Å². The van der Waals surface area contributed by atoms with Gasteiger partial charge >= 0.3 is 0 Å². The minimum Gasteiger partial charge on any atom is -0.339 e. The number of carbonyl (C=O) groups excluding carboxylic acids is 1. The van der Waals surface area contributed by atoms with E-state index in [1.807, 2.05) is 18.7 Å². The van der Waals surface area contributed by atoms with Gasteiger partial charge in [0.2, 0.25) is 5.91 Å². The average Bonchev–Trinajstić information content (AvgIpc) is 3.24. The maximum atomic E-state index is 13.0. The van der Waals surface area contributed by atoms with Crippen LogP contribution in [0.5, 0.6) is 0 Å². The van der Waals surface area contributed by atoms with Crippen LogP contribution in [-0.2, 0) is 16.6 Å². The normalized spacial score (nSPS) is 21.3. The molecule has 1 aromatic carbocycles. The van der Waals surface area contributed by atoms with E-state index in [4.69, 9.17) is 5.73 Å². The number of nitrogens with zero attached hydrogens (tertiary/aromatic N) is 2. The highest BCUT2D eigenvalue weighted by Gasteiger charge is 2.39. The lowest BCUT2D eigenvalue weighted by Crippen LogP contribution is -2.52. The van der Waals surface area contributed by atoms with Gasteiger partial charge in [0.1, 0.15) is 0 Å². The lowest BCUT2D eigenvalue weighted by Gasteiger charge is -2.37. The van der Waals surface area contributed by atoms with Crippen LogP contribution >= 0.6 is 0 Å². The fourth-order valence-corrected chi connectivity index (χ4v) is 3.34. The van der Waals surface area contributed by atoms with E-state index in [-0.39, 0.29) is 11.4 Å². The number of hydrogen-bond donors (Lipinski definition) is 1. The van der Waals surface area contributed by atoms with E-state index >= 15 is 0 Å². The molecule has 1 aliphatic heterocycles.